The van der Waals surface area contributed by atoms with Gasteiger partial charge in [-0.05, 0) is 25.1 Å². The Hall–Kier alpha value is -2.14. The van der Waals surface area contributed by atoms with Crippen LogP contribution in [-0.2, 0) is 0 Å². The number of benzene rings is 1. The highest BCUT2D eigenvalue weighted by molar-refractivity contribution is 7.18. The predicted molar refractivity (Wildman–Crippen MR) is 83.7 cm³/mol. The average Bonchev–Trinajstić information content (AvgIpc) is 2.86. The molecule has 0 aliphatic carbocycles. The van der Waals surface area contributed by atoms with Crippen LogP contribution >= 0.6 is 11.3 Å². The standard InChI is InChI=1S/C15H15N3OS/c1-9-7-12-14(16-2)17-13(18-15(12)20-9)10-5-4-6-11(8-10)19-3/h4-8H,1-3H3,(H,16,17,18). The van der Waals surface area contributed by atoms with Gasteiger partial charge in [0, 0.05) is 17.5 Å². The quantitative estimate of drug-likeness (QED) is 0.796. The number of rotatable bonds is 3. The van der Waals surface area contributed by atoms with E-state index in [1.165, 1.54) is 4.88 Å². The molecular formula is C15H15N3OS. The molecule has 0 fully saturated rings. The van der Waals surface area contributed by atoms with Crippen molar-refractivity contribution < 1.29 is 4.74 Å². The number of hydrogen-bond donors (Lipinski definition) is 1. The first-order valence-corrected chi connectivity index (χ1v) is 7.13. The van der Waals surface area contributed by atoms with Crippen LogP contribution < -0.4 is 10.1 Å². The topological polar surface area (TPSA) is 47.0 Å². The highest BCUT2D eigenvalue weighted by Crippen LogP contribution is 2.31. The molecule has 0 aliphatic rings. The van der Waals surface area contributed by atoms with Crippen molar-refractivity contribution in [2.75, 3.05) is 19.5 Å². The zero-order valence-corrected chi connectivity index (χ0v) is 12.4. The monoisotopic (exact) mass is 285 g/mol. The van der Waals surface area contributed by atoms with Gasteiger partial charge >= 0.3 is 0 Å². The maximum atomic E-state index is 5.26. The average molecular weight is 285 g/mol. The zero-order valence-electron chi connectivity index (χ0n) is 11.6. The summed E-state index contributed by atoms with van der Waals surface area (Å²) in [6.45, 7) is 2.08. The van der Waals surface area contributed by atoms with Gasteiger partial charge < -0.3 is 10.1 Å². The summed E-state index contributed by atoms with van der Waals surface area (Å²) in [7, 11) is 3.54. The summed E-state index contributed by atoms with van der Waals surface area (Å²) in [5.41, 5.74) is 0.953. The first-order chi connectivity index (χ1) is 9.71. The molecule has 0 atom stereocenters. The van der Waals surface area contributed by atoms with Crippen LogP contribution in [0.2, 0.25) is 0 Å². The molecule has 0 unspecified atom stereocenters. The molecule has 1 N–H and O–H groups in total. The van der Waals surface area contributed by atoms with Crippen LogP contribution in [-0.4, -0.2) is 24.1 Å². The maximum absolute atomic E-state index is 5.26. The van der Waals surface area contributed by atoms with Gasteiger partial charge in [-0.15, -0.1) is 11.3 Å². The third-order valence-corrected chi connectivity index (χ3v) is 4.03. The van der Waals surface area contributed by atoms with Crippen LogP contribution in [0.4, 0.5) is 5.82 Å². The number of nitrogens with zero attached hydrogens (tertiary/aromatic N) is 2. The fraction of sp³-hybridized carbons (Fsp3) is 0.200. The summed E-state index contributed by atoms with van der Waals surface area (Å²) in [6, 6.07) is 9.91. The lowest BCUT2D eigenvalue weighted by Gasteiger charge is -2.06. The fourth-order valence-electron chi connectivity index (χ4n) is 2.12. The van der Waals surface area contributed by atoms with Crippen molar-refractivity contribution in [2.45, 2.75) is 6.92 Å². The van der Waals surface area contributed by atoms with Gasteiger partial charge in [-0.3, -0.25) is 0 Å². The van der Waals surface area contributed by atoms with E-state index in [9.17, 15) is 0 Å². The molecule has 20 heavy (non-hydrogen) atoms. The molecule has 0 radical (unpaired) electrons. The molecule has 3 rings (SSSR count). The van der Waals surface area contributed by atoms with E-state index in [1.807, 2.05) is 31.3 Å². The molecule has 2 aromatic heterocycles. The van der Waals surface area contributed by atoms with Gasteiger partial charge in [0.25, 0.3) is 0 Å². The van der Waals surface area contributed by atoms with E-state index in [1.54, 1.807) is 18.4 Å². The molecule has 102 valence electrons. The van der Waals surface area contributed by atoms with Crippen LogP contribution in [0.5, 0.6) is 5.75 Å². The van der Waals surface area contributed by atoms with E-state index in [2.05, 4.69) is 28.3 Å². The molecule has 0 amide bonds. The second-order valence-corrected chi connectivity index (χ2v) is 5.69. The summed E-state index contributed by atoms with van der Waals surface area (Å²) in [5, 5.41) is 4.22. The summed E-state index contributed by atoms with van der Waals surface area (Å²) < 4.78 is 5.26. The van der Waals surface area contributed by atoms with E-state index < -0.39 is 0 Å². The van der Waals surface area contributed by atoms with Crippen molar-refractivity contribution >= 4 is 27.4 Å². The molecule has 4 nitrogen and oxygen atoms in total. The van der Waals surface area contributed by atoms with Gasteiger partial charge in [-0.2, -0.15) is 0 Å². The van der Waals surface area contributed by atoms with Crippen LogP contribution in [0.25, 0.3) is 21.6 Å². The highest BCUT2D eigenvalue weighted by Gasteiger charge is 2.11. The largest absolute Gasteiger partial charge is 0.497 e. The van der Waals surface area contributed by atoms with Crippen LogP contribution in [0, 0.1) is 6.92 Å². The Morgan fingerprint density at radius 1 is 1.20 bits per heavy atom. The molecule has 0 bridgehead atoms. The molecule has 0 saturated heterocycles. The number of fused-ring (bicyclic) bond motifs is 1. The van der Waals surface area contributed by atoms with Crippen molar-refractivity contribution in [1.82, 2.24) is 9.97 Å². The molecule has 0 saturated carbocycles. The number of hydrogen-bond acceptors (Lipinski definition) is 5. The minimum atomic E-state index is 0.711. The molecular weight excluding hydrogens is 270 g/mol. The second kappa shape index (κ2) is 5.09. The predicted octanol–water partition coefficient (Wildman–Crippen LogP) is 3.72. The van der Waals surface area contributed by atoms with Gasteiger partial charge in [-0.1, -0.05) is 12.1 Å². The number of nitrogens with one attached hydrogen (secondary N) is 1. The second-order valence-electron chi connectivity index (χ2n) is 4.45. The van der Waals surface area contributed by atoms with Crippen molar-refractivity contribution in [3.63, 3.8) is 0 Å². The van der Waals surface area contributed by atoms with Crippen molar-refractivity contribution in [2.24, 2.45) is 0 Å². The number of aryl methyl sites for hydroxylation is 1. The Balaban J connectivity index is 2.20. The highest BCUT2D eigenvalue weighted by atomic mass is 32.1. The van der Waals surface area contributed by atoms with Crippen molar-refractivity contribution in [3.8, 4) is 17.1 Å². The number of thiophene rings is 1. The first-order valence-electron chi connectivity index (χ1n) is 6.31. The first kappa shape index (κ1) is 12.9. The smallest absolute Gasteiger partial charge is 0.163 e. The Morgan fingerprint density at radius 2 is 2.05 bits per heavy atom. The lowest BCUT2D eigenvalue weighted by Crippen LogP contribution is -1.97. The Morgan fingerprint density at radius 3 is 2.80 bits per heavy atom. The number of aromatic nitrogens is 2. The number of anilines is 1. The molecule has 0 aliphatic heterocycles. The molecule has 3 aromatic rings. The third-order valence-electron chi connectivity index (χ3n) is 3.08. The summed E-state index contributed by atoms with van der Waals surface area (Å²) in [6.07, 6.45) is 0. The van der Waals surface area contributed by atoms with Gasteiger partial charge in [0.2, 0.25) is 0 Å². The lowest BCUT2D eigenvalue weighted by molar-refractivity contribution is 0.415. The number of methoxy groups -OCH3 is 1. The molecule has 5 heteroatoms. The Bertz CT molecular complexity index is 767. The number of ether oxygens (including phenoxy) is 1. The van der Waals surface area contributed by atoms with E-state index >= 15 is 0 Å². The fourth-order valence-corrected chi connectivity index (χ4v) is 3.00. The SMILES string of the molecule is CNc1nc(-c2cccc(OC)c2)nc2sc(C)cc12. The Labute approximate surface area is 121 Å². The van der Waals surface area contributed by atoms with Crippen LogP contribution in [0.1, 0.15) is 4.88 Å². The van der Waals surface area contributed by atoms with E-state index in [-0.39, 0.29) is 0 Å². The van der Waals surface area contributed by atoms with Crippen LogP contribution in [0.3, 0.4) is 0 Å². The van der Waals surface area contributed by atoms with E-state index in [4.69, 9.17) is 4.74 Å². The zero-order chi connectivity index (χ0) is 14.1. The summed E-state index contributed by atoms with van der Waals surface area (Å²) in [5.74, 6) is 2.37. The van der Waals surface area contributed by atoms with E-state index in [0.717, 1.165) is 27.3 Å². The molecule has 2 heterocycles. The van der Waals surface area contributed by atoms with Gasteiger partial charge in [0.15, 0.2) is 5.82 Å². The van der Waals surface area contributed by atoms with Gasteiger partial charge in [-0.25, -0.2) is 9.97 Å². The van der Waals surface area contributed by atoms with Gasteiger partial charge in [0.05, 0.1) is 12.5 Å². The minimum Gasteiger partial charge on any atom is -0.497 e. The third kappa shape index (κ3) is 2.20. The summed E-state index contributed by atoms with van der Waals surface area (Å²) >= 11 is 1.68. The van der Waals surface area contributed by atoms with E-state index in [0.29, 0.717) is 5.82 Å². The lowest BCUT2D eigenvalue weighted by atomic mass is 10.2. The minimum absolute atomic E-state index is 0.711. The molecule has 1 aromatic carbocycles. The molecule has 0 spiro atoms. The normalized spacial score (nSPS) is 10.8. The van der Waals surface area contributed by atoms with Crippen molar-refractivity contribution in [3.05, 3.63) is 35.2 Å². The van der Waals surface area contributed by atoms with Crippen molar-refractivity contribution in [1.29, 1.82) is 0 Å². The van der Waals surface area contributed by atoms with Gasteiger partial charge in [0.1, 0.15) is 16.4 Å². The summed E-state index contributed by atoms with van der Waals surface area (Å²) in [4.78, 5) is 11.5. The van der Waals surface area contributed by atoms with Crippen LogP contribution in [0.15, 0.2) is 30.3 Å². The Kier molecular flexibility index (Phi) is 3.28. The maximum Gasteiger partial charge on any atom is 0.163 e.